The average molecular weight is 337 g/mol. The SMILES string of the molecule is CCC(CS(=O)(=O)c1ccccc1)N=C(N)N1CCCC(C)C1. The number of benzene rings is 1. The second kappa shape index (κ2) is 7.81. The number of likely N-dealkylation sites (tertiary alicyclic amines) is 1. The third-order valence-electron chi connectivity index (χ3n) is 4.28. The third kappa shape index (κ3) is 4.96. The van der Waals surface area contributed by atoms with Gasteiger partial charge in [0.15, 0.2) is 15.8 Å². The molecule has 2 N–H and O–H groups in total. The van der Waals surface area contributed by atoms with Crippen LogP contribution in [0.1, 0.15) is 33.1 Å². The van der Waals surface area contributed by atoms with Gasteiger partial charge in [0.05, 0.1) is 16.7 Å². The highest BCUT2D eigenvalue weighted by atomic mass is 32.2. The lowest BCUT2D eigenvalue weighted by Gasteiger charge is -2.32. The molecule has 1 heterocycles. The van der Waals surface area contributed by atoms with Gasteiger partial charge in [0.2, 0.25) is 0 Å². The van der Waals surface area contributed by atoms with Gasteiger partial charge in [-0.25, -0.2) is 13.4 Å². The fourth-order valence-electron chi connectivity index (χ4n) is 2.89. The zero-order valence-electron chi connectivity index (χ0n) is 14.0. The Kier molecular flexibility index (Phi) is 6.04. The largest absolute Gasteiger partial charge is 0.370 e. The smallest absolute Gasteiger partial charge is 0.191 e. The van der Waals surface area contributed by atoms with Crippen molar-refractivity contribution in [2.24, 2.45) is 16.6 Å². The normalized spacial score (nSPS) is 21.2. The van der Waals surface area contributed by atoms with Crippen LogP contribution in [0.2, 0.25) is 0 Å². The van der Waals surface area contributed by atoms with Gasteiger partial charge in [0.25, 0.3) is 0 Å². The Morgan fingerprint density at radius 2 is 2.09 bits per heavy atom. The molecule has 0 amide bonds. The summed E-state index contributed by atoms with van der Waals surface area (Å²) in [6, 6.07) is 8.23. The van der Waals surface area contributed by atoms with E-state index < -0.39 is 9.84 Å². The van der Waals surface area contributed by atoms with Crippen molar-refractivity contribution in [3.8, 4) is 0 Å². The summed E-state index contributed by atoms with van der Waals surface area (Å²) < 4.78 is 25.0. The number of rotatable bonds is 5. The number of hydrogen-bond donors (Lipinski definition) is 1. The number of nitrogens with zero attached hydrogens (tertiary/aromatic N) is 2. The first kappa shape index (κ1) is 17.8. The van der Waals surface area contributed by atoms with Gasteiger partial charge >= 0.3 is 0 Å². The molecule has 1 aliphatic heterocycles. The zero-order valence-corrected chi connectivity index (χ0v) is 14.8. The molecule has 2 unspecified atom stereocenters. The Morgan fingerprint density at radius 3 is 2.70 bits per heavy atom. The molecule has 0 radical (unpaired) electrons. The minimum Gasteiger partial charge on any atom is -0.370 e. The van der Waals surface area contributed by atoms with Gasteiger partial charge in [-0.3, -0.25) is 0 Å². The van der Waals surface area contributed by atoms with Gasteiger partial charge in [-0.1, -0.05) is 32.0 Å². The van der Waals surface area contributed by atoms with Crippen molar-refractivity contribution in [2.45, 2.75) is 44.0 Å². The molecule has 1 aromatic carbocycles. The fourth-order valence-corrected chi connectivity index (χ4v) is 4.47. The van der Waals surface area contributed by atoms with E-state index in [1.807, 2.05) is 13.0 Å². The van der Waals surface area contributed by atoms with Crippen LogP contribution in [-0.4, -0.2) is 44.2 Å². The molecule has 0 saturated carbocycles. The summed E-state index contributed by atoms with van der Waals surface area (Å²) in [5.41, 5.74) is 6.13. The van der Waals surface area contributed by atoms with Gasteiger partial charge in [0, 0.05) is 13.1 Å². The van der Waals surface area contributed by atoms with E-state index in [1.54, 1.807) is 24.3 Å². The third-order valence-corrected chi connectivity index (χ3v) is 6.10. The number of aliphatic imine (C=N–C) groups is 1. The van der Waals surface area contributed by atoms with Crippen molar-refractivity contribution in [3.05, 3.63) is 30.3 Å². The zero-order chi connectivity index (χ0) is 16.9. The summed E-state index contributed by atoms with van der Waals surface area (Å²) in [6.07, 6.45) is 2.97. The first-order valence-electron chi connectivity index (χ1n) is 8.28. The molecule has 5 nitrogen and oxygen atoms in total. The van der Waals surface area contributed by atoms with Crippen LogP contribution < -0.4 is 5.73 Å². The molecule has 23 heavy (non-hydrogen) atoms. The van der Waals surface area contributed by atoms with E-state index in [0.29, 0.717) is 23.2 Å². The summed E-state index contributed by atoms with van der Waals surface area (Å²) in [6.45, 7) is 5.95. The van der Waals surface area contributed by atoms with E-state index in [9.17, 15) is 8.42 Å². The van der Waals surface area contributed by atoms with Gasteiger partial charge in [-0.05, 0) is 37.3 Å². The standard InChI is InChI=1S/C17H27N3O2S/c1-3-15(13-23(21,22)16-9-5-4-6-10-16)19-17(18)20-11-7-8-14(2)12-20/h4-6,9-10,14-15H,3,7-8,11-13H2,1-2H3,(H2,18,19). The molecule has 1 aliphatic rings. The van der Waals surface area contributed by atoms with Crippen LogP contribution in [0.15, 0.2) is 40.2 Å². The number of hydrogen-bond acceptors (Lipinski definition) is 3. The van der Waals surface area contributed by atoms with E-state index in [1.165, 1.54) is 6.42 Å². The predicted octanol–water partition coefficient (Wildman–Crippen LogP) is 2.29. The maximum absolute atomic E-state index is 12.5. The lowest BCUT2D eigenvalue weighted by Crippen LogP contribution is -2.44. The van der Waals surface area contributed by atoms with Crippen molar-refractivity contribution in [1.82, 2.24) is 4.90 Å². The highest BCUT2D eigenvalue weighted by Gasteiger charge is 2.22. The van der Waals surface area contributed by atoms with Crippen LogP contribution in [0.3, 0.4) is 0 Å². The number of piperidine rings is 1. The van der Waals surface area contributed by atoms with Crippen LogP contribution >= 0.6 is 0 Å². The Balaban J connectivity index is 2.09. The molecule has 1 saturated heterocycles. The number of guanidine groups is 1. The highest BCUT2D eigenvalue weighted by Crippen LogP contribution is 2.17. The molecule has 2 rings (SSSR count). The highest BCUT2D eigenvalue weighted by molar-refractivity contribution is 7.91. The second-order valence-electron chi connectivity index (χ2n) is 6.34. The molecule has 1 fully saturated rings. The van der Waals surface area contributed by atoms with Gasteiger partial charge < -0.3 is 10.6 Å². The minimum atomic E-state index is -3.34. The predicted molar refractivity (Wildman–Crippen MR) is 94.2 cm³/mol. The lowest BCUT2D eigenvalue weighted by atomic mass is 10.0. The van der Waals surface area contributed by atoms with Gasteiger partial charge in [-0.15, -0.1) is 0 Å². The Labute approximate surface area is 139 Å². The topological polar surface area (TPSA) is 75.8 Å². The molecule has 1 aromatic rings. The van der Waals surface area contributed by atoms with Crippen molar-refractivity contribution >= 4 is 15.8 Å². The van der Waals surface area contributed by atoms with E-state index >= 15 is 0 Å². The molecule has 0 aliphatic carbocycles. The number of sulfone groups is 1. The van der Waals surface area contributed by atoms with Crippen molar-refractivity contribution in [2.75, 3.05) is 18.8 Å². The summed E-state index contributed by atoms with van der Waals surface area (Å²) in [5, 5.41) is 0. The maximum Gasteiger partial charge on any atom is 0.191 e. The second-order valence-corrected chi connectivity index (χ2v) is 8.37. The molecular weight excluding hydrogens is 310 g/mol. The molecule has 0 aromatic heterocycles. The van der Waals surface area contributed by atoms with Crippen molar-refractivity contribution in [3.63, 3.8) is 0 Å². The summed E-state index contributed by atoms with van der Waals surface area (Å²) in [5.74, 6) is 1.08. The van der Waals surface area contributed by atoms with Crippen LogP contribution in [-0.2, 0) is 9.84 Å². The van der Waals surface area contributed by atoms with E-state index in [4.69, 9.17) is 5.73 Å². The first-order chi connectivity index (χ1) is 10.9. The maximum atomic E-state index is 12.5. The van der Waals surface area contributed by atoms with Crippen LogP contribution in [0, 0.1) is 5.92 Å². The van der Waals surface area contributed by atoms with Gasteiger partial charge in [-0.2, -0.15) is 0 Å². The summed E-state index contributed by atoms with van der Waals surface area (Å²) in [4.78, 5) is 6.93. The van der Waals surface area contributed by atoms with Crippen molar-refractivity contribution in [1.29, 1.82) is 0 Å². The Hall–Kier alpha value is -1.56. The van der Waals surface area contributed by atoms with E-state index in [-0.39, 0.29) is 11.8 Å². The quantitative estimate of drug-likeness (QED) is 0.661. The summed E-state index contributed by atoms with van der Waals surface area (Å²) >= 11 is 0. The van der Waals surface area contributed by atoms with Crippen LogP contribution in [0.5, 0.6) is 0 Å². The molecule has 2 atom stereocenters. The Bertz CT molecular complexity index is 628. The monoisotopic (exact) mass is 337 g/mol. The minimum absolute atomic E-state index is 0.00237. The first-order valence-corrected chi connectivity index (χ1v) is 9.93. The molecule has 6 heteroatoms. The fraction of sp³-hybridized carbons (Fsp3) is 0.588. The summed E-state index contributed by atoms with van der Waals surface area (Å²) in [7, 11) is -3.34. The van der Waals surface area contributed by atoms with Crippen LogP contribution in [0.4, 0.5) is 0 Å². The van der Waals surface area contributed by atoms with Crippen LogP contribution in [0.25, 0.3) is 0 Å². The van der Waals surface area contributed by atoms with Gasteiger partial charge in [0.1, 0.15) is 0 Å². The molecule has 128 valence electrons. The number of nitrogens with two attached hydrogens (primary N) is 1. The van der Waals surface area contributed by atoms with E-state index in [0.717, 1.165) is 19.5 Å². The molecule has 0 spiro atoms. The Morgan fingerprint density at radius 1 is 1.39 bits per heavy atom. The van der Waals surface area contributed by atoms with E-state index in [2.05, 4.69) is 16.8 Å². The van der Waals surface area contributed by atoms with Crippen molar-refractivity contribution < 1.29 is 8.42 Å². The molecule has 0 bridgehead atoms. The average Bonchev–Trinajstić information content (AvgIpc) is 2.54. The lowest BCUT2D eigenvalue weighted by molar-refractivity contribution is 0.269. The molecular formula is C17H27N3O2S.